The third-order valence-corrected chi connectivity index (χ3v) is 1.91. The van der Waals surface area contributed by atoms with Crippen LogP contribution in [0.4, 0.5) is 0 Å². The molecule has 0 bridgehead atoms. The van der Waals surface area contributed by atoms with E-state index in [0.717, 1.165) is 12.1 Å². The molecule has 1 aliphatic rings. The third-order valence-electron chi connectivity index (χ3n) is 1.91. The van der Waals surface area contributed by atoms with Crippen molar-refractivity contribution in [3.05, 3.63) is 0 Å². The Balaban J connectivity index is 2.55. The summed E-state index contributed by atoms with van der Waals surface area (Å²) in [4.78, 5) is 15.7. The molecule has 0 aromatic carbocycles. The molecule has 0 aromatic rings. The van der Waals surface area contributed by atoms with Gasteiger partial charge in [0.15, 0.2) is 0 Å². The van der Waals surface area contributed by atoms with Gasteiger partial charge in [-0.25, -0.2) is 10.4 Å². The number of amides is 1. The number of carbonyl (C=O) groups is 1. The molecule has 5 nitrogen and oxygen atoms in total. The average Bonchev–Trinajstić information content (AvgIpc) is 2.43. The van der Waals surface area contributed by atoms with Crippen LogP contribution in [0.2, 0.25) is 0 Å². The summed E-state index contributed by atoms with van der Waals surface area (Å²) in [6.45, 7) is 7.89. The molecule has 0 radical (unpaired) electrons. The zero-order valence-corrected chi connectivity index (χ0v) is 9.66. The second kappa shape index (κ2) is 4.91. The molecule has 0 aliphatic carbocycles. The lowest BCUT2D eigenvalue weighted by Crippen LogP contribution is -2.35. The van der Waals surface area contributed by atoms with E-state index in [0.29, 0.717) is 11.9 Å². The molecule has 0 aromatic heterocycles. The van der Waals surface area contributed by atoms with E-state index in [1.807, 2.05) is 13.8 Å². The van der Waals surface area contributed by atoms with E-state index in [2.05, 4.69) is 34.7 Å². The first-order valence-corrected chi connectivity index (χ1v) is 5.14. The summed E-state index contributed by atoms with van der Waals surface area (Å²) in [6.07, 6.45) is 0.770. The molecule has 1 unspecified atom stereocenters. The van der Waals surface area contributed by atoms with Crippen molar-refractivity contribution in [1.29, 1.82) is 0 Å². The quantitative estimate of drug-likeness (QED) is 0.536. The molecule has 1 rings (SSSR count). The van der Waals surface area contributed by atoms with Crippen LogP contribution >= 0.6 is 0 Å². The number of hydrogen-bond acceptors (Lipinski definition) is 4. The molecule has 84 valence electrons. The monoisotopic (exact) mass is 210 g/mol. The van der Waals surface area contributed by atoms with Crippen molar-refractivity contribution >= 4 is 17.6 Å². The highest BCUT2D eigenvalue weighted by atomic mass is 16.2. The predicted molar refractivity (Wildman–Crippen MR) is 60.7 cm³/mol. The Kier molecular flexibility index (Phi) is 3.82. The summed E-state index contributed by atoms with van der Waals surface area (Å²) >= 11 is 0. The summed E-state index contributed by atoms with van der Waals surface area (Å²) in [7, 11) is 0. The Morgan fingerprint density at radius 3 is 2.80 bits per heavy atom. The molecule has 0 saturated carbocycles. The van der Waals surface area contributed by atoms with E-state index < -0.39 is 0 Å². The normalized spacial score (nSPS) is 19.9. The van der Waals surface area contributed by atoms with Gasteiger partial charge >= 0.3 is 0 Å². The van der Waals surface area contributed by atoms with Gasteiger partial charge in [-0.15, -0.1) is 0 Å². The van der Waals surface area contributed by atoms with E-state index in [-0.39, 0.29) is 11.9 Å². The van der Waals surface area contributed by atoms with Crippen LogP contribution in [0.15, 0.2) is 10.1 Å². The van der Waals surface area contributed by atoms with Crippen molar-refractivity contribution in [1.82, 2.24) is 10.7 Å². The van der Waals surface area contributed by atoms with Crippen molar-refractivity contribution in [2.75, 3.05) is 0 Å². The van der Waals surface area contributed by atoms with Gasteiger partial charge in [-0.1, -0.05) is 13.8 Å². The fraction of sp³-hybridized carbons (Fsp3) is 0.700. The molecule has 1 aliphatic heterocycles. The number of nitrogens with one attached hydrogen (secondary N) is 2. The number of carbonyl (C=O) groups excluding carboxylic acids is 1. The maximum absolute atomic E-state index is 11.5. The average molecular weight is 210 g/mol. The lowest BCUT2D eigenvalue weighted by Gasteiger charge is -2.06. The molecular formula is C10H18N4O. The topological polar surface area (TPSA) is 65.8 Å². The molecule has 0 fully saturated rings. The number of nitrogens with zero attached hydrogens (tertiary/aromatic N) is 2. The number of hydrazone groups is 1. The van der Waals surface area contributed by atoms with Crippen LogP contribution in [-0.2, 0) is 4.79 Å². The highest BCUT2D eigenvalue weighted by molar-refractivity contribution is 6.05. The predicted octanol–water partition coefficient (Wildman–Crippen LogP) is 0.872. The molecule has 1 amide bonds. The number of guanidine groups is 1. The Labute approximate surface area is 90.0 Å². The minimum absolute atomic E-state index is 0.0462. The molecule has 5 heteroatoms. The van der Waals surface area contributed by atoms with Crippen LogP contribution in [0, 0.1) is 5.92 Å². The maximum atomic E-state index is 11.5. The molecule has 15 heavy (non-hydrogen) atoms. The highest BCUT2D eigenvalue weighted by Gasteiger charge is 2.26. The second-order valence-electron chi connectivity index (χ2n) is 4.28. The SMILES string of the molecule is CC(C)=NNC1=NC(CC(C)C)C(=O)N1. The lowest BCUT2D eigenvalue weighted by molar-refractivity contribution is -0.120. The van der Waals surface area contributed by atoms with Gasteiger partial charge in [-0.05, 0) is 26.2 Å². The number of rotatable bonds is 3. The van der Waals surface area contributed by atoms with Crippen molar-refractivity contribution in [2.45, 2.75) is 40.2 Å². The number of hydrogen-bond donors (Lipinski definition) is 2. The summed E-state index contributed by atoms with van der Waals surface area (Å²) in [5.74, 6) is 0.863. The Bertz CT molecular complexity index is 303. The smallest absolute Gasteiger partial charge is 0.251 e. The highest BCUT2D eigenvalue weighted by Crippen LogP contribution is 2.11. The second-order valence-corrected chi connectivity index (χ2v) is 4.28. The van der Waals surface area contributed by atoms with Gasteiger partial charge in [-0.3, -0.25) is 10.1 Å². The van der Waals surface area contributed by atoms with Crippen LogP contribution in [-0.4, -0.2) is 23.6 Å². The number of aliphatic imine (C=N–C) groups is 1. The van der Waals surface area contributed by atoms with E-state index >= 15 is 0 Å². The standard InChI is InChI=1S/C10H18N4O/c1-6(2)5-8-9(15)12-10(11-8)14-13-7(3)4/h6,8H,5H2,1-4H3,(H2,11,12,14,15). The minimum atomic E-state index is -0.264. The molecule has 0 saturated heterocycles. The fourth-order valence-corrected chi connectivity index (χ4v) is 1.27. The van der Waals surface area contributed by atoms with E-state index in [9.17, 15) is 4.79 Å². The van der Waals surface area contributed by atoms with Crippen LogP contribution in [0.1, 0.15) is 34.1 Å². The van der Waals surface area contributed by atoms with Crippen LogP contribution in [0.25, 0.3) is 0 Å². The zero-order chi connectivity index (χ0) is 11.4. The molecule has 1 heterocycles. The molecule has 1 atom stereocenters. The van der Waals surface area contributed by atoms with E-state index in [4.69, 9.17) is 0 Å². The van der Waals surface area contributed by atoms with Crippen LogP contribution in [0.3, 0.4) is 0 Å². The minimum Gasteiger partial charge on any atom is -0.293 e. The van der Waals surface area contributed by atoms with Crippen molar-refractivity contribution in [3.63, 3.8) is 0 Å². The van der Waals surface area contributed by atoms with Gasteiger partial charge in [0.1, 0.15) is 6.04 Å². The van der Waals surface area contributed by atoms with Gasteiger partial charge in [0.25, 0.3) is 5.91 Å². The van der Waals surface area contributed by atoms with Gasteiger partial charge in [0.2, 0.25) is 5.96 Å². The van der Waals surface area contributed by atoms with Crippen molar-refractivity contribution in [2.24, 2.45) is 16.0 Å². The Hall–Kier alpha value is -1.39. The summed E-state index contributed by atoms with van der Waals surface area (Å²) in [6, 6.07) is -0.264. The Morgan fingerprint density at radius 2 is 2.27 bits per heavy atom. The molecular weight excluding hydrogens is 192 g/mol. The first-order valence-electron chi connectivity index (χ1n) is 5.14. The fourth-order valence-electron chi connectivity index (χ4n) is 1.27. The first kappa shape index (κ1) is 11.7. The van der Waals surface area contributed by atoms with Gasteiger partial charge < -0.3 is 0 Å². The summed E-state index contributed by atoms with van der Waals surface area (Å²) in [5, 5.41) is 6.63. The molecule has 2 N–H and O–H groups in total. The third kappa shape index (κ3) is 3.69. The van der Waals surface area contributed by atoms with Crippen molar-refractivity contribution < 1.29 is 4.79 Å². The van der Waals surface area contributed by atoms with Gasteiger partial charge in [0.05, 0.1) is 0 Å². The zero-order valence-electron chi connectivity index (χ0n) is 9.66. The lowest BCUT2D eigenvalue weighted by atomic mass is 10.0. The first-order chi connectivity index (χ1) is 6.99. The Morgan fingerprint density at radius 1 is 1.60 bits per heavy atom. The van der Waals surface area contributed by atoms with E-state index in [1.165, 1.54) is 0 Å². The summed E-state index contributed by atoms with van der Waals surface area (Å²) < 4.78 is 0. The van der Waals surface area contributed by atoms with Gasteiger partial charge in [0, 0.05) is 5.71 Å². The van der Waals surface area contributed by atoms with Crippen molar-refractivity contribution in [3.8, 4) is 0 Å². The maximum Gasteiger partial charge on any atom is 0.251 e. The van der Waals surface area contributed by atoms with Gasteiger partial charge in [-0.2, -0.15) is 5.10 Å². The molecule has 0 spiro atoms. The van der Waals surface area contributed by atoms with Crippen LogP contribution in [0.5, 0.6) is 0 Å². The van der Waals surface area contributed by atoms with Crippen LogP contribution < -0.4 is 10.7 Å². The largest absolute Gasteiger partial charge is 0.293 e. The summed E-state index contributed by atoms with van der Waals surface area (Å²) in [5.41, 5.74) is 3.61. The van der Waals surface area contributed by atoms with E-state index in [1.54, 1.807) is 0 Å².